The van der Waals surface area contributed by atoms with Gasteiger partial charge in [-0.15, -0.1) is 0 Å². The molecule has 1 rings (SSSR count). The summed E-state index contributed by atoms with van der Waals surface area (Å²) >= 11 is 0. The summed E-state index contributed by atoms with van der Waals surface area (Å²) in [7, 11) is -4.94. The third-order valence-electron chi connectivity index (χ3n) is 4.96. The largest absolute Gasteiger partial charge is 0.481 e. The minimum absolute atomic E-state index is 0.0396. The van der Waals surface area contributed by atoms with E-state index in [4.69, 9.17) is 10.2 Å². The third-order valence-corrected chi connectivity index (χ3v) is 6.10. The van der Waals surface area contributed by atoms with E-state index < -0.39 is 106 Å². The van der Waals surface area contributed by atoms with Crippen molar-refractivity contribution in [2.45, 2.75) is 44.2 Å². The number of amides is 1. The van der Waals surface area contributed by atoms with Gasteiger partial charge in [-0.2, -0.15) is 0 Å². The number of hydrogen-bond acceptors (Lipinski definition) is 8. The molecule has 0 saturated carbocycles. The highest BCUT2D eigenvalue weighted by Crippen LogP contribution is 2.38. The molecule has 17 heteroatoms. The second kappa shape index (κ2) is 14.9. The zero-order valence-corrected chi connectivity index (χ0v) is 20.5. The Morgan fingerprint density at radius 3 is 1.92 bits per heavy atom. The van der Waals surface area contributed by atoms with Gasteiger partial charge in [-0.05, 0) is 37.1 Å². The topological polar surface area (TPSA) is 254 Å². The molecule has 0 fully saturated rings. The Morgan fingerprint density at radius 2 is 1.42 bits per heavy atom. The van der Waals surface area contributed by atoms with E-state index in [1.807, 2.05) is 0 Å². The Morgan fingerprint density at radius 1 is 0.868 bits per heavy atom. The fraction of sp³-hybridized carbons (Fsp3) is 0.429. The molecule has 1 unspecified atom stereocenters. The maximum Gasteiger partial charge on any atom is 0.403 e. The van der Waals surface area contributed by atoms with Gasteiger partial charge in [-0.1, -0.05) is 0 Å². The third kappa shape index (κ3) is 12.0. The summed E-state index contributed by atoms with van der Waals surface area (Å²) in [5, 5.41) is 40.1. The summed E-state index contributed by atoms with van der Waals surface area (Å²) in [6.07, 6.45) is -2.93. The summed E-state index contributed by atoms with van der Waals surface area (Å²) in [4.78, 5) is 78.9. The van der Waals surface area contributed by atoms with Crippen LogP contribution in [0.25, 0.3) is 0 Å². The van der Waals surface area contributed by atoms with Gasteiger partial charge in [0, 0.05) is 24.8 Å². The maximum atomic E-state index is 13.0. The van der Waals surface area contributed by atoms with Crippen LogP contribution in [0.2, 0.25) is 0 Å². The van der Waals surface area contributed by atoms with Crippen LogP contribution in [0.3, 0.4) is 0 Å². The van der Waals surface area contributed by atoms with Crippen molar-refractivity contribution in [1.29, 1.82) is 0 Å². The zero-order valence-electron chi connectivity index (χ0n) is 19.6. The maximum absolute atomic E-state index is 13.0. The summed E-state index contributed by atoms with van der Waals surface area (Å²) in [6, 6.07) is 0.862. The van der Waals surface area contributed by atoms with Crippen molar-refractivity contribution in [3.8, 4) is 0 Å². The lowest BCUT2D eigenvalue weighted by molar-refractivity contribution is -0.145. The SMILES string of the molecule is O=C(O)CC[C@H](NP(=O)(O)OC[C@H](CC(=O)CC[C@H](NC(=O)c1ccc([18F])cc1)C(=O)O)C(=O)O)C(=O)O. The number of benzene rings is 1. The van der Waals surface area contributed by atoms with Crippen molar-refractivity contribution in [3.05, 3.63) is 35.6 Å². The first-order chi connectivity index (χ1) is 17.6. The van der Waals surface area contributed by atoms with Crippen molar-refractivity contribution in [2.24, 2.45) is 5.92 Å². The predicted octanol–water partition coefficient (Wildman–Crippen LogP) is 0.473. The van der Waals surface area contributed by atoms with Crippen molar-refractivity contribution in [2.75, 3.05) is 6.61 Å². The Balaban J connectivity index is 2.69. The number of halogens is 1. The number of ketones is 1. The van der Waals surface area contributed by atoms with Crippen LogP contribution >= 0.6 is 7.75 Å². The lowest BCUT2D eigenvalue weighted by atomic mass is 9.99. The number of hydrogen-bond donors (Lipinski definition) is 7. The average Bonchev–Trinajstić information content (AvgIpc) is 2.81. The first-order valence-electron chi connectivity index (χ1n) is 10.8. The van der Waals surface area contributed by atoms with E-state index in [0.29, 0.717) is 0 Å². The molecular formula is C21H26FN2O13P. The van der Waals surface area contributed by atoms with Crippen molar-refractivity contribution in [1.82, 2.24) is 10.4 Å². The van der Waals surface area contributed by atoms with Crippen LogP contribution in [0.5, 0.6) is 0 Å². The second-order valence-electron chi connectivity index (χ2n) is 7.96. The van der Waals surface area contributed by atoms with Crippen LogP contribution < -0.4 is 10.4 Å². The molecule has 0 heterocycles. The molecule has 0 aliphatic rings. The lowest BCUT2D eigenvalue weighted by Gasteiger charge is -2.20. The van der Waals surface area contributed by atoms with Gasteiger partial charge in [0.05, 0.1) is 12.5 Å². The summed E-state index contributed by atoms with van der Waals surface area (Å²) < 4.78 is 29.7. The first-order valence-corrected chi connectivity index (χ1v) is 12.4. The lowest BCUT2D eigenvalue weighted by Crippen LogP contribution is -2.41. The second-order valence-corrected chi connectivity index (χ2v) is 9.51. The van der Waals surface area contributed by atoms with Gasteiger partial charge >= 0.3 is 31.6 Å². The average molecular weight is 563 g/mol. The molecule has 1 amide bonds. The van der Waals surface area contributed by atoms with E-state index >= 15 is 0 Å². The van der Waals surface area contributed by atoms with E-state index in [1.54, 1.807) is 5.09 Å². The molecule has 38 heavy (non-hydrogen) atoms. The van der Waals surface area contributed by atoms with Gasteiger partial charge in [0.1, 0.15) is 23.7 Å². The fourth-order valence-electron chi connectivity index (χ4n) is 2.94. The highest BCUT2D eigenvalue weighted by atomic mass is 31.2. The molecule has 1 aromatic carbocycles. The van der Waals surface area contributed by atoms with Crippen LogP contribution in [0.1, 0.15) is 42.5 Å². The molecule has 15 nitrogen and oxygen atoms in total. The zero-order chi connectivity index (χ0) is 29.0. The van der Waals surface area contributed by atoms with Crippen LogP contribution in [0.15, 0.2) is 24.3 Å². The summed E-state index contributed by atoms with van der Waals surface area (Å²) in [6.45, 7) is -1.02. The van der Waals surface area contributed by atoms with Gasteiger partial charge < -0.3 is 30.6 Å². The number of carboxylic acids is 4. The number of Topliss-reactive ketones (excluding diaryl/α,β-unsaturated/α-hetero) is 1. The Hall–Kier alpha value is -3.72. The monoisotopic (exact) mass is 563 g/mol. The molecule has 4 atom stereocenters. The molecule has 0 aliphatic carbocycles. The van der Waals surface area contributed by atoms with Crippen LogP contribution in [-0.4, -0.2) is 79.6 Å². The molecule has 0 spiro atoms. The van der Waals surface area contributed by atoms with Gasteiger partial charge in [0.25, 0.3) is 5.91 Å². The Kier molecular flexibility index (Phi) is 12.6. The molecule has 0 radical (unpaired) electrons. The van der Waals surface area contributed by atoms with E-state index in [-0.39, 0.29) is 5.56 Å². The molecular weight excluding hydrogens is 537 g/mol. The highest BCUT2D eigenvalue weighted by Gasteiger charge is 2.32. The summed E-state index contributed by atoms with van der Waals surface area (Å²) in [5.41, 5.74) is -0.0396. The van der Waals surface area contributed by atoms with E-state index in [0.717, 1.165) is 24.3 Å². The van der Waals surface area contributed by atoms with Crippen LogP contribution in [0, 0.1) is 11.7 Å². The number of nitrogens with one attached hydrogen (secondary N) is 2. The molecule has 0 saturated heterocycles. The van der Waals surface area contributed by atoms with Crippen molar-refractivity contribution in [3.63, 3.8) is 0 Å². The van der Waals surface area contributed by atoms with Gasteiger partial charge in [-0.3, -0.25) is 28.5 Å². The minimum Gasteiger partial charge on any atom is -0.481 e. The number of aliphatic carboxylic acids is 4. The Bertz CT molecular complexity index is 1100. The molecule has 0 bridgehead atoms. The molecule has 7 N–H and O–H groups in total. The fourth-order valence-corrected chi connectivity index (χ4v) is 4.03. The van der Waals surface area contributed by atoms with Crippen molar-refractivity contribution >= 4 is 43.3 Å². The van der Waals surface area contributed by atoms with Crippen molar-refractivity contribution < 1.29 is 67.6 Å². The molecule has 1 aromatic rings. The summed E-state index contributed by atoms with van der Waals surface area (Å²) in [5.74, 6) is -10.1. The van der Waals surface area contributed by atoms with Gasteiger partial charge in [0.15, 0.2) is 0 Å². The number of carbonyl (C=O) groups excluding carboxylic acids is 2. The Labute approximate surface area is 214 Å². The van der Waals surface area contributed by atoms with Crippen LogP contribution in [-0.2, 0) is 33.1 Å². The van der Waals surface area contributed by atoms with Crippen LogP contribution in [0.4, 0.5) is 4.39 Å². The van der Waals surface area contributed by atoms with E-state index in [2.05, 4.69) is 9.84 Å². The predicted molar refractivity (Wildman–Crippen MR) is 122 cm³/mol. The number of carbonyl (C=O) groups is 6. The first kappa shape index (κ1) is 32.3. The van der Waals surface area contributed by atoms with Gasteiger partial charge in [0.2, 0.25) is 0 Å². The number of rotatable bonds is 18. The van der Waals surface area contributed by atoms with Gasteiger partial charge in [-0.25, -0.2) is 18.8 Å². The smallest absolute Gasteiger partial charge is 0.403 e. The normalized spacial score (nSPS) is 14.9. The molecule has 0 aromatic heterocycles. The van der Waals surface area contributed by atoms with E-state index in [1.165, 1.54) is 0 Å². The standard InChI is InChI=1S/C21H26FN2O13P/c22-13-3-1-11(2-4-13)18(28)23-15(20(31)32)6-5-14(25)9-12(19(29)30)10-37-38(35,36)24-16(21(33)34)7-8-17(26)27/h1-4,12,15-16H,5-10H2,(H,23,28)(H,26,27)(H,29,30)(H,31,32)(H,33,34)(H2,24,35,36)/t12-,15-,16-/m0/s1/i22-1. The minimum atomic E-state index is -4.94. The van der Waals surface area contributed by atoms with E-state index in [9.17, 15) is 52.8 Å². The molecule has 0 aliphatic heterocycles. The highest BCUT2D eigenvalue weighted by molar-refractivity contribution is 7.50. The number of carboxylic acid groups (broad SMARTS) is 4. The molecule has 210 valence electrons. The quantitative estimate of drug-likeness (QED) is 0.120.